The van der Waals surface area contributed by atoms with Crippen LogP contribution in [0.25, 0.3) is 0 Å². The summed E-state index contributed by atoms with van der Waals surface area (Å²) in [6, 6.07) is -1.73. The Kier molecular flexibility index (Phi) is 15.6. The van der Waals surface area contributed by atoms with E-state index in [0.29, 0.717) is 0 Å². The van der Waals surface area contributed by atoms with Gasteiger partial charge < -0.3 is 66.9 Å². The molecule has 0 bridgehead atoms. The van der Waals surface area contributed by atoms with Gasteiger partial charge in [0.15, 0.2) is 15.2 Å². The van der Waals surface area contributed by atoms with Gasteiger partial charge in [0.05, 0.1) is 0 Å². The van der Waals surface area contributed by atoms with Crippen LogP contribution in [-0.4, -0.2) is 33.5 Å². The maximum Gasteiger partial charge on any atom is 0.169 e. The smallest absolute Gasteiger partial charge is 0.169 e. The Balaban J connectivity index is -0.000000372. The quantitative estimate of drug-likeness (QED) is 0.159. The van der Waals surface area contributed by atoms with Crippen LogP contribution in [0.1, 0.15) is 0 Å². The molecule has 14 nitrogen and oxygen atoms in total. The van der Waals surface area contributed by atoms with Gasteiger partial charge in [-0.2, -0.15) is 0 Å². The van der Waals surface area contributed by atoms with Crippen molar-refractivity contribution < 1.29 is 87.9 Å². The zero-order valence-corrected chi connectivity index (χ0v) is 18.4. The maximum atomic E-state index is 10.5. The molecule has 0 aliphatic heterocycles. The molecule has 21 heteroatoms. The van der Waals surface area contributed by atoms with Gasteiger partial charge in [0, 0.05) is 21.1 Å². The Bertz CT molecular complexity index is 523. The zero-order valence-electron chi connectivity index (χ0n) is 11.3. The molecule has 0 saturated carbocycles. The molecule has 0 aromatic heterocycles. The van der Waals surface area contributed by atoms with E-state index in [4.69, 9.17) is 33.4 Å². The number of halogens is 2. The van der Waals surface area contributed by atoms with Crippen molar-refractivity contribution in [1.82, 2.24) is 0 Å². The molecule has 0 fully saturated rings. The molecule has 0 aliphatic rings. The van der Waals surface area contributed by atoms with Crippen LogP contribution >= 0.6 is 53.6 Å². The van der Waals surface area contributed by atoms with Crippen LogP contribution in [0, 0.1) is 0 Å². The van der Waals surface area contributed by atoms with E-state index in [0.717, 1.165) is 0 Å². The summed E-state index contributed by atoms with van der Waals surface area (Å²) in [5.74, 6) is 0. The van der Waals surface area contributed by atoms with E-state index in [1.54, 1.807) is 0 Å². The normalized spacial score (nSPS) is 19.3. The van der Waals surface area contributed by atoms with Gasteiger partial charge in [0.1, 0.15) is 23.3 Å². The van der Waals surface area contributed by atoms with Gasteiger partial charge in [-0.25, -0.2) is 0 Å². The van der Waals surface area contributed by atoms with E-state index in [9.17, 15) is 47.6 Å². The molecule has 2 N–H and O–H groups in total. The standard InChI is InChI=1S/2C2H7ClO7P2.Mo/c2*3-1-10-12(8,9)2(4)11(5,6)7;/h2*2,4H,1H2,(H,8,9)(H2,5,6,7);/p-6. The summed E-state index contributed by atoms with van der Waals surface area (Å²) in [6.07, 6.45) is 0. The van der Waals surface area contributed by atoms with Gasteiger partial charge in [0.25, 0.3) is 0 Å². The molecule has 0 aliphatic carbocycles. The molecule has 25 heavy (non-hydrogen) atoms. The Morgan fingerprint density at radius 2 is 0.920 bits per heavy atom. The summed E-state index contributed by atoms with van der Waals surface area (Å²) in [7, 11) is -21.5. The Morgan fingerprint density at radius 1 is 0.720 bits per heavy atom. The average molecular weight is 571 g/mol. The van der Waals surface area contributed by atoms with E-state index in [1.807, 2.05) is 0 Å². The van der Waals surface area contributed by atoms with Crippen LogP contribution in [0.4, 0.5) is 0 Å². The van der Waals surface area contributed by atoms with Crippen molar-refractivity contribution >= 4 is 53.6 Å². The largest absolute Gasteiger partial charge is 0.809 e. The van der Waals surface area contributed by atoms with E-state index < -0.39 is 53.7 Å². The SMILES string of the molecule is O=P([O-])([O-])C(O)P(=O)([O-])OCCl.O=P([O-])([O-])C(O)P(=O)([O-])OCCl.[Mo]. The van der Waals surface area contributed by atoms with Gasteiger partial charge in [-0.05, 0) is 15.2 Å². The predicted octanol–water partition coefficient (Wildman–Crippen LogP) is -4.12. The molecular weight excluding hydrogens is 563 g/mol. The molecule has 0 aromatic carbocycles. The van der Waals surface area contributed by atoms with Crippen LogP contribution < -0.4 is 29.4 Å². The number of alkyl halides is 2. The second kappa shape index (κ2) is 12.4. The van der Waals surface area contributed by atoms with Crippen molar-refractivity contribution in [3.8, 4) is 0 Å². The summed E-state index contributed by atoms with van der Waals surface area (Å²) in [5.41, 5.74) is -6.16. The van der Waals surface area contributed by atoms with Crippen molar-refractivity contribution in [1.29, 1.82) is 0 Å². The van der Waals surface area contributed by atoms with Crippen LogP contribution in [0.2, 0.25) is 0 Å². The molecule has 0 spiro atoms. The molecule has 4 atom stereocenters. The third kappa shape index (κ3) is 12.8. The predicted molar refractivity (Wildman–Crippen MR) is 66.0 cm³/mol. The molecule has 4 unspecified atom stereocenters. The fourth-order valence-corrected chi connectivity index (χ4v) is 5.14. The van der Waals surface area contributed by atoms with Gasteiger partial charge in [-0.15, -0.1) is 0 Å². The van der Waals surface area contributed by atoms with Crippen LogP contribution in [0.5, 0.6) is 0 Å². The minimum absolute atomic E-state index is 0. The number of rotatable bonds is 8. The van der Waals surface area contributed by atoms with Crippen LogP contribution in [0.3, 0.4) is 0 Å². The van der Waals surface area contributed by atoms with Crippen LogP contribution in [0.15, 0.2) is 0 Å². The number of hydrogen-bond acceptors (Lipinski definition) is 14. The summed E-state index contributed by atoms with van der Waals surface area (Å²) in [6.45, 7) is 0. The van der Waals surface area contributed by atoms with Crippen molar-refractivity contribution in [2.75, 3.05) is 12.1 Å². The first-order valence-electron chi connectivity index (χ1n) is 4.85. The fourth-order valence-electron chi connectivity index (χ4n) is 0.616. The zero-order chi connectivity index (χ0) is 20.0. The minimum atomic E-state index is -5.61. The molecule has 0 heterocycles. The fraction of sp³-hybridized carbons (Fsp3) is 1.00. The Labute approximate surface area is 164 Å². The van der Waals surface area contributed by atoms with Gasteiger partial charge in [-0.3, -0.25) is 0 Å². The van der Waals surface area contributed by atoms with Gasteiger partial charge in [0.2, 0.25) is 0 Å². The monoisotopic (exact) mass is 572 g/mol. The van der Waals surface area contributed by atoms with Crippen molar-refractivity contribution in [3.05, 3.63) is 0 Å². The second-order valence-electron chi connectivity index (χ2n) is 3.33. The molecule has 0 radical (unpaired) electrons. The summed E-state index contributed by atoms with van der Waals surface area (Å²) in [5, 5.41) is 16.8. The first-order valence-corrected chi connectivity index (χ1v) is 12.4. The topological polar surface area (TPSA) is 266 Å². The summed E-state index contributed by atoms with van der Waals surface area (Å²) < 4.78 is 48.2. The second-order valence-corrected chi connectivity index (χ2v) is 11.4. The van der Waals surface area contributed by atoms with E-state index >= 15 is 0 Å². The maximum absolute atomic E-state index is 10.5. The van der Waals surface area contributed by atoms with Crippen molar-refractivity contribution in [2.45, 2.75) is 11.2 Å². The van der Waals surface area contributed by atoms with E-state index in [2.05, 4.69) is 9.05 Å². The molecule has 0 aromatic rings. The number of aliphatic hydroxyl groups excluding tert-OH is 2. The average Bonchev–Trinajstić information content (AvgIpc) is 2.35. The number of aliphatic hydroxyl groups is 2. The van der Waals surface area contributed by atoms with Gasteiger partial charge in [-0.1, -0.05) is 23.2 Å². The van der Waals surface area contributed by atoms with E-state index in [-0.39, 0.29) is 21.1 Å². The first kappa shape index (κ1) is 31.5. The summed E-state index contributed by atoms with van der Waals surface area (Å²) in [4.78, 5) is 60.9. The van der Waals surface area contributed by atoms with Gasteiger partial charge >= 0.3 is 0 Å². The molecule has 154 valence electrons. The molecule has 0 rings (SSSR count). The molecule has 0 saturated heterocycles. The Hall–Kier alpha value is 1.79. The molecule has 0 amide bonds. The van der Waals surface area contributed by atoms with Crippen LogP contribution in [-0.2, 0) is 48.4 Å². The molecular formula is C4H8Cl2MoO14P4-6. The third-order valence-corrected chi connectivity index (χ3v) is 8.75. The summed E-state index contributed by atoms with van der Waals surface area (Å²) >= 11 is 9.56. The van der Waals surface area contributed by atoms with Crippen molar-refractivity contribution in [3.63, 3.8) is 0 Å². The van der Waals surface area contributed by atoms with E-state index in [1.165, 1.54) is 0 Å². The minimum Gasteiger partial charge on any atom is -0.809 e. The third-order valence-electron chi connectivity index (χ3n) is 1.59. The Morgan fingerprint density at radius 3 is 1.04 bits per heavy atom. The van der Waals surface area contributed by atoms with Crippen molar-refractivity contribution in [2.24, 2.45) is 0 Å². The first-order chi connectivity index (χ1) is 10.4. The number of hydrogen-bond donors (Lipinski definition) is 2.